The first-order valence-electron chi connectivity index (χ1n) is 5.63. The molecule has 6 heteroatoms. The molecule has 0 saturated heterocycles. The summed E-state index contributed by atoms with van der Waals surface area (Å²) < 4.78 is 3.95. The lowest BCUT2D eigenvalue weighted by Gasteiger charge is -2.00. The molecule has 0 aliphatic rings. The van der Waals surface area contributed by atoms with Crippen LogP contribution in [0.3, 0.4) is 0 Å². The number of nitriles is 1. The van der Waals surface area contributed by atoms with E-state index in [9.17, 15) is 0 Å². The number of halogens is 1. The Hall–Kier alpha value is -2.03. The molecular formula is C13H9ClN4S. The third kappa shape index (κ3) is 2.28. The third-order valence-corrected chi connectivity index (χ3v) is 3.97. The molecule has 0 spiro atoms. The van der Waals surface area contributed by atoms with Crippen molar-refractivity contribution in [3.05, 3.63) is 46.7 Å². The zero-order valence-corrected chi connectivity index (χ0v) is 11.3. The smallest absolute Gasteiger partial charge is 0.162 e. The average molecular weight is 289 g/mol. The van der Waals surface area contributed by atoms with Gasteiger partial charge in [0.2, 0.25) is 0 Å². The first-order chi connectivity index (χ1) is 9.28. The fraction of sp³-hybridized carbons (Fsp3) is 0.0769. The van der Waals surface area contributed by atoms with Gasteiger partial charge in [0.15, 0.2) is 5.15 Å². The molecule has 4 nitrogen and oxygen atoms in total. The molecule has 0 aliphatic heterocycles. The van der Waals surface area contributed by atoms with Gasteiger partial charge in [-0.2, -0.15) is 9.64 Å². The van der Waals surface area contributed by atoms with E-state index in [-0.39, 0.29) is 5.15 Å². The van der Waals surface area contributed by atoms with Gasteiger partial charge in [0, 0.05) is 11.2 Å². The van der Waals surface area contributed by atoms with Crippen LogP contribution in [-0.2, 0) is 6.54 Å². The lowest BCUT2D eigenvalue weighted by molar-refractivity contribution is 1.09. The second kappa shape index (κ2) is 4.92. The Bertz CT molecular complexity index is 735. The van der Waals surface area contributed by atoms with Gasteiger partial charge < -0.3 is 10.3 Å². The van der Waals surface area contributed by atoms with Crippen LogP contribution in [0, 0.1) is 11.3 Å². The molecule has 0 fully saturated rings. The summed E-state index contributed by atoms with van der Waals surface area (Å²) in [6.45, 7) is 0.599. The molecule has 0 aliphatic carbocycles. The SMILES string of the molecule is N#Cc1c(Cl)nsc1NCc1cc2ccccc2[nH]1. The Kier molecular flexibility index (Phi) is 3.11. The van der Waals surface area contributed by atoms with Gasteiger partial charge >= 0.3 is 0 Å². The summed E-state index contributed by atoms with van der Waals surface area (Å²) in [5.74, 6) is 0. The van der Waals surface area contributed by atoms with E-state index in [2.05, 4.69) is 26.8 Å². The minimum Gasteiger partial charge on any atom is -0.369 e. The topological polar surface area (TPSA) is 64.5 Å². The average Bonchev–Trinajstić information content (AvgIpc) is 2.99. The molecule has 0 unspecified atom stereocenters. The number of anilines is 1. The van der Waals surface area contributed by atoms with Crippen LogP contribution in [-0.4, -0.2) is 9.36 Å². The standard InChI is InChI=1S/C13H9ClN4S/c14-12-10(6-15)13(19-18-12)16-7-9-5-8-3-1-2-4-11(8)17-9/h1-5,16-17H,7H2. The Morgan fingerprint density at radius 3 is 3.05 bits per heavy atom. The van der Waals surface area contributed by atoms with Gasteiger partial charge in [-0.1, -0.05) is 29.8 Å². The van der Waals surface area contributed by atoms with Crippen molar-refractivity contribution in [1.82, 2.24) is 9.36 Å². The van der Waals surface area contributed by atoms with Crippen LogP contribution in [0.5, 0.6) is 0 Å². The van der Waals surface area contributed by atoms with E-state index in [0.717, 1.165) is 11.2 Å². The predicted molar refractivity (Wildman–Crippen MR) is 77.5 cm³/mol. The summed E-state index contributed by atoms with van der Waals surface area (Å²) in [4.78, 5) is 3.32. The highest BCUT2D eigenvalue weighted by Gasteiger charge is 2.11. The number of hydrogen-bond donors (Lipinski definition) is 2. The predicted octanol–water partition coefficient (Wildman–Crippen LogP) is 3.76. The second-order valence-electron chi connectivity index (χ2n) is 4.02. The summed E-state index contributed by atoms with van der Waals surface area (Å²) in [5.41, 5.74) is 2.56. The van der Waals surface area contributed by atoms with E-state index in [4.69, 9.17) is 16.9 Å². The van der Waals surface area contributed by atoms with Crippen LogP contribution in [0.2, 0.25) is 5.15 Å². The van der Waals surface area contributed by atoms with Crippen molar-refractivity contribution >= 4 is 39.0 Å². The number of para-hydroxylation sites is 1. The molecule has 0 radical (unpaired) electrons. The summed E-state index contributed by atoms with van der Waals surface area (Å²) in [6, 6.07) is 12.2. The number of hydrogen-bond acceptors (Lipinski definition) is 4. The van der Waals surface area contributed by atoms with Crippen LogP contribution in [0.15, 0.2) is 30.3 Å². The normalized spacial score (nSPS) is 10.5. The molecular weight excluding hydrogens is 280 g/mol. The lowest BCUT2D eigenvalue weighted by Crippen LogP contribution is -1.99. The number of aromatic nitrogens is 2. The highest BCUT2D eigenvalue weighted by atomic mass is 35.5. The van der Waals surface area contributed by atoms with E-state index in [1.165, 1.54) is 16.9 Å². The molecule has 2 aromatic heterocycles. The number of rotatable bonds is 3. The van der Waals surface area contributed by atoms with Crippen LogP contribution in [0.25, 0.3) is 10.9 Å². The highest BCUT2D eigenvalue weighted by molar-refractivity contribution is 7.10. The summed E-state index contributed by atoms with van der Waals surface area (Å²) in [5, 5.41) is 14.3. The Morgan fingerprint density at radius 2 is 2.26 bits per heavy atom. The van der Waals surface area contributed by atoms with Crippen molar-refractivity contribution in [2.45, 2.75) is 6.54 Å². The second-order valence-corrected chi connectivity index (χ2v) is 5.16. The number of benzene rings is 1. The summed E-state index contributed by atoms with van der Waals surface area (Å²) in [6.07, 6.45) is 0. The molecule has 0 saturated carbocycles. The maximum atomic E-state index is 8.98. The largest absolute Gasteiger partial charge is 0.369 e. The first kappa shape index (κ1) is 12.0. The maximum Gasteiger partial charge on any atom is 0.162 e. The fourth-order valence-electron chi connectivity index (χ4n) is 1.89. The Labute approximate surface area is 118 Å². The summed E-state index contributed by atoms with van der Waals surface area (Å²) >= 11 is 7.02. The van der Waals surface area contributed by atoms with Crippen LogP contribution in [0.4, 0.5) is 5.00 Å². The molecule has 2 heterocycles. The van der Waals surface area contributed by atoms with E-state index in [1.54, 1.807) is 0 Å². The van der Waals surface area contributed by atoms with Crippen molar-refractivity contribution in [2.24, 2.45) is 0 Å². The molecule has 94 valence electrons. The van der Waals surface area contributed by atoms with Crippen LogP contribution in [0.1, 0.15) is 11.3 Å². The van der Waals surface area contributed by atoms with Crippen molar-refractivity contribution in [1.29, 1.82) is 5.26 Å². The van der Waals surface area contributed by atoms with Crippen molar-refractivity contribution < 1.29 is 0 Å². The molecule has 2 N–H and O–H groups in total. The van der Waals surface area contributed by atoms with Gasteiger partial charge in [-0.15, -0.1) is 0 Å². The van der Waals surface area contributed by atoms with Gasteiger partial charge in [-0.05, 0) is 29.1 Å². The number of H-pyrrole nitrogens is 1. The van der Waals surface area contributed by atoms with Crippen molar-refractivity contribution in [3.63, 3.8) is 0 Å². The molecule has 19 heavy (non-hydrogen) atoms. The molecule has 3 aromatic rings. The molecule has 0 atom stereocenters. The molecule has 1 aromatic carbocycles. The number of aromatic amines is 1. The molecule has 0 bridgehead atoms. The maximum absolute atomic E-state index is 8.98. The van der Waals surface area contributed by atoms with Gasteiger partial charge in [-0.25, -0.2) is 0 Å². The van der Waals surface area contributed by atoms with Gasteiger partial charge in [0.05, 0.1) is 6.54 Å². The highest BCUT2D eigenvalue weighted by Crippen LogP contribution is 2.28. The summed E-state index contributed by atoms with van der Waals surface area (Å²) in [7, 11) is 0. The van der Waals surface area contributed by atoms with Crippen molar-refractivity contribution in [2.75, 3.05) is 5.32 Å². The Balaban J connectivity index is 1.80. The monoisotopic (exact) mass is 288 g/mol. The lowest BCUT2D eigenvalue weighted by atomic mass is 10.2. The fourth-order valence-corrected chi connectivity index (χ4v) is 2.82. The molecule has 0 amide bonds. The van der Waals surface area contributed by atoms with Crippen molar-refractivity contribution in [3.8, 4) is 6.07 Å². The zero-order valence-electron chi connectivity index (χ0n) is 9.77. The Morgan fingerprint density at radius 1 is 1.42 bits per heavy atom. The minimum absolute atomic E-state index is 0.256. The van der Waals surface area contributed by atoms with Gasteiger partial charge in [0.25, 0.3) is 0 Å². The first-order valence-corrected chi connectivity index (χ1v) is 6.79. The van der Waals surface area contributed by atoms with Gasteiger partial charge in [0.1, 0.15) is 16.6 Å². The number of nitrogens with one attached hydrogen (secondary N) is 2. The minimum atomic E-state index is 0.256. The van der Waals surface area contributed by atoms with E-state index in [0.29, 0.717) is 17.1 Å². The van der Waals surface area contributed by atoms with E-state index >= 15 is 0 Å². The van der Waals surface area contributed by atoms with E-state index < -0.39 is 0 Å². The number of nitrogens with zero attached hydrogens (tertiary/aromatic N) is 2. The zero-order chi connectivity index (χ0) is 13.2. The third-order valence-electron chi connectivity index (χ3n) is 2.79. The molecule has 3 rings (SSSR count). The van der Waals surface area contributed by atoms with E-state index in [1.807, 2.05) is 24.3 Å². The number of fused-ring (bicyclic) bond motifs is 1. The van der Waals surface area contributed by atoms with Crippen LogP contribution < -0.4 is 5.32 Å². The van der Waals surface area contributed by atoms with Crippen LogP contribution >= 0.6 is 23.1 Å². The van der Waals surface area contributed by atoms with Gasteiger partial charge in [-0.3, -0.25) is 0 Å². The quantitative estimate of drug-likeness (QED) is 0.771.